The lowest BCUT2D eigenvalue weighted by Gasteiger charge is -2.35. The standard InChI is InChI=1S/C24H22BrN3O5/c1-32-18-6-3-11(9-19(18)33-2)12-7-15-21(17(30)8-12)20(14-10-13(25)4-5-16(14)29)22-23(26-15)27-28-24(22)31/h3-6,9-10,12,20,29H,7-8H2,1-2H3,(H3,26,27,28,31)/t12-,20-/m0/s1. The van der Waals surface area contributed by atoms with E-state index in [4.69, 9.17) is 9.47 Å². The Morgan fingerprint density at radius 3 is 2.55 bits per heavy atom. The number of carbonyl (C=O) groups is 1. The Bertz CT molecular complexity index is 1360. The number of aromatic nitrogens is 2. The number of H-pyrrole nitrogens is 2. The van der Waals surface area contributed by atoms with Crippen molar-refractivity contribution in [3.8, 4) is 17.2 Å². The predicted molar refractivity (Wildman–Crippen MR) is 126 cm³/mol. The second-order valence-corrected chi connectivity index (χ2v) is 9.08. The van der Waals surface area contributed by atoms with E-state index in [0.29, 0.717) is 40.4 Å². The number of fused-ring (bicyclic) bond motifs is 1. The van der Waals surface area contributed by atoms with Crippen LogP contribution in [0.3, 0.4) is 0 Å². The van der Waals surface area contributed by atoms with Crippen molar-refractivity contribution in [2.45, 2.75) is 24.7 Å². The van der Waals surface area contributed by atoms with Crippen LogP contribution in [0.15, 0.2) is 56.9 Å². The molecule has 0 amide bonds. The summed E-state index contributed by atoms with van der Waals surface area (Å²) >= 11 is 3.44. The molecule has 1 aromatic heterocycles. The summed E-state index contributed by atoms with van der Waals surface area (Å²) in [5, 5.41) is 19.4. The molecule has 2 atom stereocenters. The molecule has 0 spiro atoms. The van der Waals surface area contributed by atoms with Gasteiger partial charge in [0.05, 0.1) is 25.7 Å². The topological polar surface area (TPSA) is 116 Å². The molecule has 0 fully saturated rings. The Morgan fingerprint density at radius 1 is 1.00 bits per heavy atom. The van der Waals surface area contributed by atoms with Crippen molar-refractivity contribution in [3.63, 3.8) is 0 Å². The maximum atomic E-state index is 13.5. The van der Waals surface area contributed by atoms with E-state index in [2.05, 4.69) is 31.4 Å². The summed E-state index contributed by atoms with van der Waals surface area (Å²) in [5.74, 6) is 0.934. The molecular weight excluding hydrogens is 490 g/mol. The third kappa shape index (κ3) is 3.52. The number of phenols is 1. The number of rotatable bonds is 4. The van der Waals surface area contributed by atoms with E-state index in [-0.39, 0.29) is 29.4 Å². The fraction of sp³-hybridized carbons (Fsp3) is 0.250. The SMILES string of the molecule is COc1ccc([C@@H]2CC(=O)C3=C(C2)Nc2[nH][nH]c(=O)c2[C@H]3c2cc(Br)ccc2O)cc1OC. The molecule has 1 aliphatic carbocycles. The highest BCUT2D eigenvalue weighted by atomic mass is 79.9. The molecule has 9 heteroatoms. The van der Waals surface area contributed by atoms with Crippen LogP contribution in [-0.4, -0.2) is 35.3 Å². The van der Waals surface area contributed by atoms with Crippen molar-refractivity contribution in [1.29, 1.82) is 0 Å². The van der Waals surface area contributed by atoms with Gasteiger partial charge in [-0.2, -0.15) is 0 Å². The number of halogens is 1. The van der Waals surface area contributed by atoms with Crippen molar-refractivity contribution >= 4 is 27.5 Å². The Balaban J connectivity index is 1.61. The maximum absolute atomic E-state index is 13.5. The van der Waals surface area contributed by atoms with Crippen LogP contribution >= 0.6 is 15.9 Å². The van der Waals surface area contributed by atoms with Crippen LogP contribution in [-0.2, 0) is 4.79 Å². The highest BCUT2D eigenvalue weighted by Crippen LogP contribution is 2.49. The van der Waals surface area contributed by atoms with E-state index in [0.717, 1.165) is 15.7 Å². The van der Waals surface area contributed by atoms with Gasteiger partial charge in [-0.05, 0) is 48.2 Å². The number of aromatic amines is 2. The number of allylic oxidation sites excluding steroid dienone is 2. The quantitative estimate of drug-likeness (QED) is 0.418. The molecule has 3 aromatic rings. The number of ketones is 1. The second-order valence-electron chi connectivity index (χ2n) is 8.16. The summed E-state index contributed by atoms with van der Waals surface area (Å²) < 4.78 is 11.5. The van der Waals surface area contributed by atoms with Gasteiger partial charge in [0.25, 0.3) is 5.56 Å². The van der Waals surface area contributed by atoms with Crippen molar-refractivity contribution in [3.05, 3.63) is 79.2 Å². The molecule has 170 valence electrons. The fourth-order valence-electron chi connectivity index (χ4n) is 4.83. The number of ether oxygens (including phenoxy) is 2. The number of anilines is 1. The molecule has 0 bridgehead atoms. The summed E-state index contributed by atoms with van der Waals surface area (Å²) in [5.41, 5.74) is 2.77. The zero-order valence-electron chi connectivity index (χ0n) is 18.0. The first kappa shape index (κ1) is 21.4. The minimum atomic E-state index is -0.678. The van der Waals surface area contributed by atoms with Gasteiger partial charge >= 0.3 is 0 Å². The van der Waals surface area contributed by atoms with E-state index < -0.39 is 5.92 Å². The summed E-state index contributed by atoms with van der Waals surface area (Å²) in [4.78, 5) is 26.2. The molecule has 1 aliphatic heterocycles. The Hall–Kier alpha value is -3.46. The molecule has 2 aliphatic rings. The first-order chi connectivity index (χ1) is 15.9. The lowest BCUT2D eigenvalue weighted by molar-refractivity contribution is -0.116. The average Bonchev–Trinajstić information content (AvgIpc) is 3.19. The van der Waals surface area contributed by atoms with Crippen molar-refractivity contribution < 1.29 is 19.4 Å². The number of aromatic hydroxyl groups is 1. The molecule has 8 nitrogen and oxygen atoms in total. The van der Waals surface area contributed by atoms with Gasteiger partial charge in [0.15, 0.2) is 17.3 Å². The molecule has 0 radical (unpaired) electrons. The Kier molecular flexibility index (Phi) is 5.28. The van der Waals surface area contributed by atoms with Crippen LogP contribution in [0, 0.1) is 0 Å². The van der Waals surface area contributed by atoms with Crippen LogP contribution in [0.1, 0.15) is 41.4 Å². The number of benzene rings is 2. The monoisotopic (exact) mass is 511 g/mol. The molecule has 0 saturated heterocycles. The first-order valence-electron chi connectivity index (χ1n) is 10.4. The van der Waals surface area contributed by atoms with Crippen molar-refractivity contribution in [1.82, 2.24) is 10.2 Å². The fourth-order valence-corrected chi connectivity index (χ4v) is 5.21. The van der Waals surface area contributed by atoms with E-state index in [9.17, 15) is 14.7 Å². The highest BCUT2D eigenvalue weighted by molar-refractivity contribution is 9.10. The van der Waals surface area contributed by atoms with Crippen LogP contribution in [0.5, 0.6) is 17.2 Å². The predicted octanol–water partition coefficient (Wildman–Crippen LogP) is 4.15. The minimum absolute atomic E-state index is 0.0262. The number of phenolic OH excluding ortho intramolecular Hbond substituents is 1. The molecule has 2 heterocycles. The van der Waals surface area contributed by atoms with Gasteiger partial charge in [-0.25, -0.2) is 0 Å². The van der Waals surface area contributed by atoms with Crippen molar-refractivity contribution in [2.75, 3.05) is 19.5 Å². The zero-order valence-corrected chi connectivity index (χ0v) is 19.6. The van der Waals surface area contributed by atoms with Gasteiger partial charge in [0.1, 0.15) is 11.6 Å². The van der Waals surface area contributed by atoms with Crippen LogP contribution in [0.4, 0.5) is 5.82 Å². The van der Waals surface area contributed by atoms with E-state index >= 15 is 0 Å². The van der Waals surface area contributed by atoms with Crippen LogP contribution in [0.25, 0.3) is 0 Å². The van der Waals surface area contributed by atoms with Crippen molar-refractivity contribution in [2.24, 2.45) is 0 Å². The van der Waals surface area contributed by atoms with Gasteiger partial charge in [-0.3, -0.25) is 19.8 Å². The molecule has 4 N–H and O–H groups in total. The summed E-state index contributed by atoms with van der Waals surface area (Å²) in [6, 6.07) is 10.7. The molecule has 0 saturated carbocycles. The number of hydrogen-bond acceptors (Lipinski definition) is 6. The Labute approximate surface area is 197 Å². The number of methoxy groups -OCH3 is 2. The van der Waals surface area contributed by atoms with Gasteiger partial charge in [0, 0.05) is 27.7 Å². The lowest BCUT2D eigenvalue weighted by Crippen LogP contribution is -2.31. The summed E-state index contributed by atoms with van der Waals surface area (Å²) in [7, 11) is 3.16. The number of nitrogens with one attached hydrogen (secondary N) is 3. The number of Topliss-reactive ketones (excluding diaryl/α,β-unsaturated/α-hetero) is 1. The van der Waals surface area contributed by atoms with Gasteiger partial charge < -0.3 is 19.9 Å². The third-order valence-electron chi connectivity index (χ3n) is 6.36. The molecule has 2 aromatic carbocycles. The Morgan fingerprint density at radius 2 is 1.79 bits per heavy atom. The average molecular weight is 512 g/mol. The molecule has 0 unspecified atom stereocenters. The van der Waals surface area contributed by atoms with Gasteiger partial charge in [0.2, 0.25) is 0 Å². The number of hydrogen-bond donors (Lipinski definition) is 4. The van der Waals surface area contributed by atoms with Gasteiger partial charge in [-0.15, -0.1) is 0 Å². The molecule has 5 rings (SSSR count). The normalized spacial score (nSPS) is 19.5. The van der Waals surface area contributed by atoms with E-state index in [1.165, 1.54) is 0 Å². The van der Waals surface area contributed by atoms with E-state index in [1.807, 2.05) is 18.2 Å². The highest BCUT2D eigenvalue weighted by Gasteiger charge is 2.41. The van der Waals surface area contributed by atoms with Crippen LogP contribution < -0.4 is 20.3 Å². The van der Waals surface area contributed by atoms with Crippen LogP contribution in [0.2, 0.25) is 0 Å². The zero-order chi connectivity index (χ0) is 23.3. The second kappa shape index (κ2) is 8.15. The summed E-state index contributed by atoms with van der Waals surface area (Å²) in [6.07, 6.45) is 0.841. The molecule has 33 heavy (non-hydrogen) atoms. The largest absolute Gasteiger partial charge is 0.508 e. The lowest BCUT2D eigenvalue weighted by atomic mass is 9.72. The number of carbonyl (C=O) groups excluding carboxylic acids is 1. The summed E-state index contributed by atoms with van der Waals surface area (Å²) in [6.45, 7) is 0. The smallest absolute Gasteiger partial charge is 0.270 e. The minimum Gasteiger partial charge on any atom is -0.508 e. The third-order valence-corrected chi connectivity index (χ3v) is 6.85. The molecular formula is C24H22BrN3O5. The maximum Gasteiger partial charge on any atom is 0.270 e. The van der Waals surface area contributed by atoms with Gasteiger partial charge in [-0.1, -0.05) is 22.0 Å². The van der Waals surface area contributed by atoms with E-state index in [1.54, 1.807) is 32.4 Å². The first-order valence-corrected chi connectivity index (χ1v) is 11.2.